The zero-order valence-electron chi connectivity index (χ0n) is 7.87. The van der Waals surface area contributed by atoms with Gasteiger partial charge in [-0.1, -0.05) is 13.3 Å². The van der Waals surface area contributed by atoms with Crippen molar-refractivity contribution in [3.05, 3.63) is 0 Å². The van der Waals surface area contributed by atoms with Gasteiger partial charge in [-0.2, -0.15) is 0 Å². The highest BCUT2D eigenvalue weighted by Crippen LogP contribution is 2.15. The Morgan fingerprint density at radius 1 is 1.25 bits per heavy atom. The molecule has 0 rings (SSSR count). The highest BCUT2D eigenvalue weighted by atomic mass is 28.4. The molecular formula is C6H18N2O3Si. The summed E-state index contributed by atoms with van der Waals surface area (Å²) in [5.41, 5.74) is 10.6. The van der Waals surface area contributed by atoms with Crippen LogP contribution in [0.5, 0.6) is 0 Å². The van der Waals surface area contributed by atoms with Crippen LogP contribution >= 0.6 is 0 Å². The molecule has 0 spiro atoms. The van der Waals surface area contributed by atoms with Crippen molar-refractivity contribution >= 4 is 8.80 Å². The monoisotopic (exact) mass is 194 g/mol. The minimum Gasteiger partial charge on any atom is -0.377 e. The molecule has 0 bridgehead atoms. The van der Waals surface area contributed by atoms with Crippen molar-refractivity contribution in [3.8, 4) is 0 Å². The minimum atomic E-state index is -2.56. The van der Waals surface area contributed by atoms with Crippen LogP contribution in [-0.4, -0.2) is 29.4 Å². The lowest BCUT2D eigenvalue weighted by Gasteiger charge is -2.27. The van der Waals surface area contributed by atoms with Crippen LogP contribution in [0, 0.1) is 0 Å². The number of hydrogen-bond donors (Lipinski definition) is 2. The Bertz CT molecular complexity index is 119. The van der Waals surface area contributed by atoms with Crippen molar-refractivity contribution in [1.29, 1.82) is 0 Å². The zero-order valence-corrected chi connectivity index (χ0v) is 8.87. The van der Waals surface area contributed by atoms with Crippen LogP contribution in [0.2, 0.25) is 6.04 Å². The third-order valence-electron chi connectivity index (χ3n) is 1.49. The highest BCUT2D eigenvalue weighted by molar-refractivity contribution is 6.60. The molecule has 4 N–H and O–H groups in total. The Morgan fingerprint density at radius 3 is 2.00 bits per heavy atom. The molecule has 6 heteroatoms. The fraction of sp³-hybridized carbons (Fsp3) is 1.00. The SMILES string of the molecule is CCC[Si](OC)(OC)OC(N)N. The summed E-state index contributed by atoms with van der Waals surface area (Å²) in [7, 11) is 0.542. The summed E-state index contributed by atoms with van der Waals surface area (Å²) in [5, 5.41) is 0. The van der Waals surface area contributed by atoms with Gasteiger partial charge in [0.1, 0.15) is 0 Å². The Balaban J connectivity index is 4.13. The van der Waals surface area contributed by atoms with Gasteiger partial charge in [0.05, 0.1) is 0 Å². The standard InChI is InChI=1S/C6H18N2O3Si/c1-4-5-12(9-2,10-3)11-6(7)8/h6H,4-5,7-8H2,1-3H3. The largest absolute Gasteiger partial charge is 0.502 e. The van der Waals surface area contributed by atoms with Crippen molar-refractivity contribution in [2.75, 3.05) is 14.2 Å². The highest BCUT2D eigenvalue weighted by Gasteiger charge is 2.39. The first kappa shape index (κ1) is 12.0. The van der Waals surface area contributed by atoms with Gasteiger partial charge in [0.25, 0.3) is 0 Å². The van der Waals surface area contributed by atoms with Gasteiger partial charge in [-0.05, 0) is 0 Å². The molecule has 0 heterocycles. The van der Waals surface area contributed by atoms with E-state index in [0.717, 1.165) is 12.5 Å². The minimum absolute atomic E-state index is 0.727. The molecule has 0 unspecified atom stereocenters. The van der Waals surface area contributed by atoms with Crippen LogP contribution in [0.15, 0.2) is 0 Å². The van der Waals surface area contributed by atoms with Crippen LogP contribution in [0.25, 0.3) is 0 Å². The summed E-state index contributed by atoms with van der Waals surface area (Å²) in [4.78, 5) is 0. The van der Waals surface area contributed by atoms with E-state index in [9.17, 15) is 0 Å². The number of nitrogens with two attached hydrogens (primary N) is 2. The number of hydrogen-bond acceptors (Lipinski definition) is 5. The molecule has 0 amide bonds. The lowest BCUT2D eigenvalue weighted by atomic mass is 10.6. The van der Waals surface area contributed by atoms with E-state index in [1.54, 1.807) is 14.2 Å². The lowest BCUT2D eigenvalue weighted by molar-refractivity contribution is 0.0602. The van der Waals surface area contributed by atoms with E-state index in [1.165, 1.54) is 0 Å². The molecule has 0 fully saturated rings. The van der Waals surface area contributed by atoms with E-state index in [4.69, 9.17) is 24.7 Å². The molecule has 0 atom stereocenters. The van der Waals surface area contributed by atoms with Gasteiger partial charge in [0, 0.05) is 20.3 Å². The maximum Gasteiger partial charge on any atom is 0.502 e. The van der Waals surface area contributed by atoms with Crippen molar-refractivity contribution in [3.63, 3.8) is 0 Å². The lowest BCUT2D eigenvalue weighted by Crippen LogP contribution is -2.51. The molecule has 0 aromatic rings. The predicted molar refractivity (Wildman–Crippen MR) is 48.1 cm³/mol. The van der Waals surface area contributed by atoms with E-state index >= 15 is 0 Å². The van der Waals surface area contributed by atoms with Gasteiger partial charge in [-0.3, -0.25) is 11.5 Å². The van der Waals surface area contributed by atoms with Crippen LogP contribution in [0.4, 0.5) is 0 Å². The first-order valence-electron chi connectivity index (χ1n) is 3.89. The number of rotatable bonds is 6. The fourth-order valence-electron chi connectivity index (χ4n) is 0.956. The van der Waals surface area contributed by atoms with E-state index in [2.05, 4.69) is 0 Å². The molecule has 0 saturated heterocycles. The third-order valence-corrected chi connectivity index (χ3v) is 4.48. The van der Waals surface area contributed by atoms with E-state index in [-0.39, 0.29) is 0 Å². The van der Waals surface area contributed by atoms with Gasteiger partial charge in [0.2, 0.25) is 0 Å². The Morgan fingerprint density at radius 2 is 1.75 bits per heavy atom. The second-order valence-electron chi connectivity index (χ2n) is 2.42. The van der Waals surface area contributed by atoms with Crippen LogP contribution in [-0.2, 0) is 13.3 Å². The molecule has 0 radical (unpaired) electrons. The Kier molecular flexibility index (Phi) is 5.63. The second kappa shape index (κ2) is 5.63. The van der Waals surface area contributed by atoms with E-state index < -0.39 is 15.2 Å². The normalized spacial score (nSPS) is 12.5. The zero-order chi connectivity index (χ0) is 9.61. The Hall–Kier alpha value is 0.0169. The molecule has 0 saturated carbocycles. The van der Waals surface area contributed by atoms with E-state index in [0.29, 0.717) is 0 Å². The molecule has 0 aliphatic rings. The summed E-state index contributed by atoms with van der Waals surface area (Å²) < 4.78 is 15.6. The average Bonchev–Trinajstić information content (AvgIpc) is 2.03. The van der Waals surface area contributed by atoms with Gasteiger partial charge >= 0.3 is 8.80 Å². The first-order valence-corrected chi connectivity index (χ1v) is 5.82. The van der Waals surface area contributed by atoms with Gasteiger partial charge in [0.15, 0.2) is 6.35 Å². The summed E-state index contributed by atoms with van der Waals surface area (Å²) in [6.45, 7) is 2.02. The molecule has 12 heavy (non-hydrogen) atoms. The predicted octanol–water partition coefficient (Wildman–Crippen LogP) is -0.154. The van der Waals surface area contributed by atoms with Crippen LogP contribution < -0.4 is 11.5 Å². The van der Waals surface area contributed by atoms with Crippen molar-refractivity contribution in [2.45, 2.75) is 25.7 Å². The topological polar surface area (TPSA) is 79.7 Å². The molecule has 0 aromatic carbocycles. The summed E-state index contributed by atoms with van der Waals surface area (Å²) in [6, 6.07) is 0.727. The molecule has 0 aromatic heterocycles. The molecular weight excluding hydrogens is 176 g/mol. The maximum absolute atomic E-state index is 5.29. The fourth-order valence-corrected chi connectivity index (χ4v) is 2.87. The second-order valence-corrected chi connectivity index (χ2v) is 5.34. The summed E-state index contributed by atoms with van der Waals surface area (Å²) >= 11 is 0. The Labute approximate surface area is 74.3 Å². The van der Waals surface area contributed by atoms with Crippen molar-refractivity contribution in [2.24, 2.45) is 11.5 Å². The average molecular weight is 194 g/mol. The van der Waals surface area contributed by atoms with Gasteiger partial charge in [-0.15, -0.1) is 0 Å². The van der Waals surface area contributed by atoms with E-state index in [1.807, 2.05) is 6.92 Å². The quantitative estimate of drug-likeness (QED) is 0.454. The maximum atomic E-state index is 5.29. The molecule has 5 nitrogen and oxygen atoms in total. The molecule has 0 aliphatic heterocycles. The van der Waals surface area contributed by atoms with Crippen molar-refractivity contribution in [1.82, 2.24) is 0 Å². The smallest absolute Gasteiger partial charge is 0.377 e. The molecule has 0 aliphatic carbocycles. The third kappa shape index (κ3) is 3.61. The van der Waals surface area contributed by atoms with Crippen LogP contribution in [0.3, 0.4) is 0 Å². The first-order chi connectivity index (χ1) is 5.60. The molecule has 74 valence electrons. The van der Waals surface area contributed by atoms with Gasteiger partial charge < -0.3 is 13.3 Å². The summed E-state index contributed by atoms with van der Waals surface area (Å²) in [5.74, 6) is 0. The van der Waals surface area contributed by atoms with Gasteiger partial charge in [-0.25, -0.2) is 0 Å². The van der Waals surface area contributed by atoms with Crippen LogP contribution in [0.1, 0.15) is 13.3 Å². The van der Waals surface area contributed by atoms with Crippen molar-refractivity contribution < 1.29 is 13.3 Å². The summed E-state index contributed by atoms with van der Waals surface area (Å²) in [6.07, 6.45) is 0.0868.